The third-order valence-corrected chi connectivity index (χ3v) is 5.20. The van der Waals surface area contributed by atoms with Crippen LogP contribution >= 0.6 is 0 Å². The topological polar surface area (TPSA) is 83.2 Å². The van der Waals surface area contributed by atoms with Crippen LogP contribution in [0.5, 0.6) is 0 Å². The molecule has 7 nitrogen and oxygen atoms in total. The number of nitrogens with zero attached hydrogens (tertiary/aromatic N) is 5. The molecule has 2 aromatic carbocycles. The number of piperazine rings is 1. The van der Waals surface area contributed by atoms with Gasteiger partial charge in [-0.2, -0.15) is 15.0 Å². The Morgan fingerprint density at radius 2 is 1.69 bits per heavy atom. The first-order valence-electron chi connectivity index (χ1n) is 9.94. The predicted molar refractivity (Wildman–Crippen MR) is 117 cm³/mol. The number of hydrogen-bond donors (Lipinski definition) is 2. The maximum atomic E-state index is 5.96. The molecule has 4 rings (SSSR count). The van der Waals surface area contributed by atoms with Crippen LogP contribution in [-0.2, 0) is 6.54 Å². The molecule has 7 heteroatoms. The Balaban J connectivity index is 1.41. The second-order valence-electron chi connectivity index (χ2n) is 7.48. The minimum absolute atomic E-state index is 0.241. The first-order valence-corrected chi connectivity index (χ1v) is 9.94. The smallest absolute Gasteiger partial charge is 0.232 e. The number of aromatic nitrogens is 3. The molecule has 2 heterocycles. The molecular weight excluding hydrogens is 362 g/mol. The van der Waals surface area contributed by atoms with Crippen molar-refractivity contribution in [1.29, 1.82) is 0 Å². The second kappa shape index (κ2) is 8.45. The Bertz CT molecular complexity index is 966. The number of aryl methyl sites for hydroxylation is 2. The predicted octanol–water partition coefficient (Wildman–Crippen LogP) is 3.14. The van der Waals surface area contributed by atoms with E-state index in [1.807, 2.05) is 0 Å². The zero-order chi connectivity index (χ0) is 20.2. The molecule has 0 unspecified atom stereocenters. The van der Waals surface area contributed by atoms with Crippen molar-refractivity contribution in [3.8, 4) is 0 Å². The van der Waals surface area contributed by atoms with E-state index in [1.165, 1.54) is 11.3 Å². The fourth-order valence-corrected chi connectivity index (χ4v) is 3.56. The quantitative estimate of drug-likeness (QED) is 0.693. The van der Waals surface area contributed by atoms with E-state index in [1.54, 1.807) is 0 Å². The molecule has 1 fully saturated rings. The van der Waals surface area contributed by atoms with Crippen molar-refractivity contribution in [3.63, 3.8) is 0 Å². The summed E-state index contributed by atoms with van der Waals surface area (Å²) in [5.74, 6) is 1.42. The Morgan fingerprint density at radius 1 is 0.931 bits per heavy atom. The van der Waals surface area contributed by atoms with E-state index < -0.39 is 0 Å². The lowest BCUT2D eigenvalue weighted by Crippen LogP contribution is -2.46. The lowest BCUT2D eigenvalue weighted by Gasteiger charge is -2.35. The standard InChI is InChI=1S/C22H27N7/c1-16-8-9-17(2)19(14-16)24-22-26-20(25-21(23)27-22)15-28-10-12-29(13-11-28)18-6-4-3-5-7-18/h3-9,14H,10-13,15H2,1-2H3,(H3,23,24,25,26,27). The van der Waals surface area contributed by atoms with Crippen molar-refractivity contribution in [3.05, 3.63) is 65.5 Å². The minimum atomic E-state index is 0.241. The van der Waals surface area contributed by atoms with Gasteiger partial charge in [0.2, 0.25) is 11.9 Å². The van der Waals surface area contributed by atoms with Gasteiger partial charge in [-0.25, -0.2) is 0 Å². The van der Waals surface area contributed by atoms with Crippen molar-refractivity contribution >= 4 is 23.3 Å². The molecule has 0 aliphatic carbocycles. The Kier molecular flexibility index (Phi) is 5.57. The van der Waals surface area contributed by atoms with E-state index in [0.717, 1.165) is 37.4 Å². The SMILES string of the molecule is Cc1ccc(C)c(Nc2nc(N)nc(CN3CCN(c4ccccc4)CC3)n2)c1. The number of rotatable bonds is 5. The van der Waals surface area contributed by atoms with Gasteiger partial charge < -0.3 is 16.0 Å². The van der Waals surface area contributed by atoms with Crippen molar-refractivity contribution < 1.29 is 0 Å². The molecule has 1 saturated heterocycles. The van der Waals surface area contributed by atoms with Crippen LogP contribution < -0.4 is 16.0 Å². The Labute approximate surface area is 171 Å². The van der Waals surface area contributed by atoms with Crippen LogP contribution in [0.25, 0.3) is 0 Å². The van der Waals surface area contributed by atoms with Crippen molar-refractivity contribution in [2.75, 3.05) is 42.1 Å². The molecule has 0 bridgehead atoms. The summed E-state index contributed by atoms with van der Waals surface area (Å²) in [4.78, 5) is 18.0. The summed E-state index contributed by atoms with van der Waals surface area (Å²) in [5.41, 5.74) is 10.5. The van der Waals surface area contributed by atoms with Crippen LogP contribution in [0.1, 0.15) is 17.0 Å². The van der Waals surface area contributed by atoms with Gasteiger partial charge in [-0.3, -0.25) is 4.90 Å². The number of nitrogen functional groups attached to an aromatic ring is 1. The van der Waals surface area contributed by atoms with Crippen LogP contribution in [0.4, 0.5) is 23.3 Å². The van der Waals surface area contributed by atoms with Crippen LogP contribution in [-0.4, -0.2) is 46.0 Å². The molecule has 0 amide bonds. The number of nitrogens with two attached hydrogens (primary N) is 1. The van der Waals surface area contributed by atoms with Crippen LogP contribution in [0.15, 0.2) is 48.5 Å². The molecule has 1 aromatic heterocycles. The Hall–Kier alpha value is -3.19. The highest BCUT2D eigenvalue weighted by atomic mass is 15.3. The monoisotopic (exact) mass is 389 g/mol. The first kappa shape index (κ1) is 19.1. The zero-order valence-corrected chi connectivity index (χ0v) is 17.0. The van der Waals surface area contributed by atoms with Gasteiger partial charge in [0.1, 0.15) is 5.82 Å². The summed E-state index contributed by atoms with van der Waals surface area (Å²) >= 11 is 0. The molecule has 0 spiro atoms. The Morgan fingerprint density at radius 3 is 2.45 bits per heavy atom. The molecule has 1 aliphatic heterocycles. The van der Waals surface area contributed by atoms with E-state index in [4.69, 9.17) is 5.73 Å². The molecule has 0 atom stereocenters. The summed E-state index contributed by atoms with van der Waals surface area (Å²) in [5, 5.41) is 3.29. The number of anilines is 4. The summed E-state index contributed by atoms with van der Waals surface area (Å²) in [7, 11) is 0. The van der Waals surface area contributed by atoms with E-state index in [9.17, 15) is 0 Å². The highest BCUT2D eigenvalue weighted by molar-refractivity contribution is 5.59. The number of nitrogens with one attached hydrogen (secondary N) is 1. The van der Waals surface area contributed by atoms with Gasteiger partial charge in [-0.1, -0.05) is 30.3 Å². The van der Waals surface area contributed by atoms with Crippen molar-refractivity contribution in [2.45, 2.75) is 20.4 Å². The van der Waals surface area contributed by atoms with Gasteiger partial charge in [0, 0.05) is 37.6 Å². The van der Waals surface area contributed by atoms with Gasteiger partial charge in [-0.15, -0.1) is 0 Å². The lowest BCUT2D eigenvalue weighted by molar-refractivity contribution is 0.244. The fourth-order valence-electron chi connectivity index (χ4n) is 3.56. The summed E-state index contributed by atoms with van der Waals surface area (Å²) in [6, 6.07) is 16.8. The maximum absolute atomic E-state index is 5.96. The van der Waals surface area contributed by atoms with Crippen molar-refractivity contribution in [1.82, 2.24) is 19.9 Å². The van der Waals surface area contributed by atoms with Crippen LogP contribution in [0.2, 0.25) is 0 Å². The lowest BCUT2D eigenvalue weighted by atomic mass is 10.1. The third-order valence-electron chi connectivity index (χ3n) is 5.20. The van der Waals surface area contributed by atoms with E-state index in [-0.39, 0.29) is 5.95 Å². The molecule has 3 N–H and O–H groups in total. The summed E-state index contributed by atoms with van der Waals surface area (Å²) in [6.07, 6.45) is 0. The molecule has 150 valence electrons. The highest BCUT2D eigenvalue weighted by Gasteiger charge is 2.18. The molecule has 0 radical (unpaired) electrons. The minimum Gasteiger partial charge on any atom is -0.369 e. The maximum Gasteiger partial charge on any atom is 0.232 e. The van der Waals surface area contributed by atoms with Gasteiger partial charge in [-0.05, 0) is 43.2 Å². The van der Waals surface area contributed by atoms with Gasteiger partial charge in [0.25, 0.3) is 0 Å². The van der Waals surface area contributed by atoms with Crippen LogP contribution in [0.3, 0.4) is 0 Å². The highest BCUT2D eigenvalue weighted by Crippen LogP contribution is 2.21. The summed E-state index contributed by atoms with van der Waals surface area (Å²) < 4.78 is 0. The van der Waals surface area contributed by atoms with Gasteiger partial charge >= 0.3 is 0 Å². The van der Waals surface area contributed by atoms with Gasteiger partial charge in [0.05, 0.1) is 6.54 Å². The number of para-hydroxylation sites is 1. The second-order valence-corrected chi connectivity index (χ2v) is 7.48. The van der Waals surface area contributed by atoms with E-state index >= 15 is 0 Å². The molecule has 29 heavy (non-hydrogen) atoms. The van der Waals surface area contributed by atoms with Crippen LogP contribution in [0, 0.1) is 13.8 Å². The number of hydrogen-bond acceptors (Lipinski definition) is 7. The average Bonchev–Trinajstić information content (AvgIpc) is 2.72. The molecule has 1 aliphatic rings. The third kappa shape index (κ3) is 4.81. The fraction of sp³-hybridized carbons (Fsp3) is 0.318. The van der Waals surface area contributed by atoms with Crippen molar-refractivity contribution in [2.24, 2.45) is 0 Å². The average molecular weight is 390 g/mol. The first-order chi connectivity index (χ1) is 14.1. The summed E-state index contributed by atoms with van der Waals surface area (Å²) in [6.45, 7) is 8.67. The molecule has 0 saturated carbocycles. The van der Waals surface area contributed by atoms with Gasteiger partial charge in [0.15, 0.2) is 0 Å². The van der Waals surface area contributed by atoms with E-state index in [0.29, 0.717) is 18.3 Å². The normalized spacial score (nSPS) is 14.8. The largest absolute Gasteiger partial charge is 0.369 e. The molecule has 3 aromatic rings. The zero-order valence-electron chi connectivity index (χ0n) is 17.0. The number of benzene rings is 2. The van der Waals surface area contributed by atoms with E-state index in [2.05, 4.69) is 92.4 Å². The molecular formula is C22H27N7.